The van der Waals surface area contributed by atoms with E-state index in [1.54, 1.807) is 74.0 Å². The smallest absolute Gasteiger partial charge is 0.497 e. The van der Waals surface area contributed by atoms with Crippen LogP contribution in [0.1, 0.15) is 40.2 Å². The molecule has 5 atom stereocenters. The van der Waals surface area contributed by atoms with Gasteiger partial charge in [0.15, 0.2) is 14.2 Å². The molecule has 0 aromatic heterocycles. The first kappa shape index (κ1) is 36.5. The number of benzene rings is 3. The highest BCUT2D eigenvalue weighted by atomic mass is 31.2. The van der Waals surface area contributed by atoms with E-state index < -0.39 is 44.8 Å². The topological polar surface area (TPSA) is 107 Å². The van der Waals surface area contributed by atoms with Gasteiger partial charge in [-0.3, -0.25) is 4.52 Å². The molecule has 5 rings (SSSR count). The highest BCUT2D eigenvalue weighted by molar-refractivity contribution is 7.49. The lowest BCUT2D eigenvalue weighted by molar-refractivity contribution is -0.798. The number of phosphoric acid groups is 1. The maximum atomic E-state index is 14.3. The minimum absolute atomic E-state index is 0.0177. The number of β-lactam (4-membered cyclic amide) rings is 1. The number of quaternary nitrogens is 1. The van der Waals surface area contributed by atoms with Gasteiger partial charge in [0.1, 0.15) is 36.1 Å². The lowest BCUT2D eigenvalue weighted by Crippen LogP contribution is -2.76. The van der Waals surface area contributed by atoms with Gasteiger partial charge in [-0.2, -0.15) is 4.79 Å². The number of para-hydroxylation sites is 2. The maximum Gasteiger partial charge on any atom is 0.587 e. The quantitative estimate of drug-likeness (QED) is 0.0624. The Hall–Kier alpha value is -3.73. The van der Waals surface area contributed by atoms with E-state index in [9.17, 15) is 14.2 Å². The van der Waals surface area contributed by atoms with E-state index in [4.69, 9.17) is 27.5 Å². The Morgan fingerprint density at radius 2 is 1.39 bits per heavy atom. The molecule has 0 N–H and O–H groups in total. The minimum Gasteiger partial charge on any atom is -0.497 e. The second kappa shape index (κ2) is 15.4. The van der Waals surface area contributed by atoms with Crippen LogP contribution < -0.4 is 13.8 Å². The molecule has 10 nitrogen and oxygen atoms in total. The summed E-state index contributed by atoms with van der Waals surface area (Å²) in [6.07, 6.45) is 0.539. The standard InChI is InChI=1S/C37H47NO9PSi/c1-7-49(8-2,9-3)47-28(5)34-35-27(4)30(24-38(35,36(34)39)37(40)43-25-29-20-22-31(42-6)23-21-29)26-44-48(41,45-32-16-12-10-13-17-32)46-33-18-14-11-15-19-33/h10-24,27-28,34-35H,7-9,25-26H2,1-6H3/q+1/t27-,28?,34+,35-,38?/m0/s1. The lowest BCUT2D eigenvalue weighted by Gasteiger charge is -2.49. The molecule has 1 fully saturated rings. The van der Waals surface area contributed by atoms with Gasteiger partial charge in [0.25, 0.3) is 0 Å². The van der Waals surface area contributed by atoms with E-state index in [1.165, 1.54) is 0 Å². The number of hydrogen-bond donors (Lipinski definition) is 0. The van der Waals surface area contributed by atoms with E-state index in [0.717, 1.165) is 23.7 Å². The lowest BCUT2D eigenvalue weighted by atomic mass is 9.75. The van der Waals surface area contributed by atoms with Gasteiger partial charge < -0.3 is 22.9 Å². The van der Waals surface area contributed by atoms with E-state index in [1.807, 2.05) is 38.1 Å². The number of rotatable bonds is 16. The molecule has 2 heterocycles. The molecule has 2 amide bonds. The van der Waals surface area contributed by atoms with Gasteiger partial charge in [0, 0.05) is 11.5 Å². The highest BCUT2D eigenvalue weighted by Crippen LogP contribution is 2.54. The van der Waals surface area contributed by atoms with Crippen molar-refractivity contribution in [1.29, 1.82) is 0 Å². The van der Waals surface area contributed by atoms with Gasteiger partial charge in [0.05, 0.1) is 19.8 Å². The van der Waals surface area contributed by atoms with Crippen molar-refractivity contribution in [2.24, 2.45) is 11.8 Å². The van der Waals surface area contributed by atoms with Crippen LogP contribution >= 0.6 is 7.82 Å². The monoisotopic (exact) mass is 708 g/mol. The Morgan fingerprint density at radius 1 is 0.837 bits per heavy atom. The van der Waals surface area contributed by atoms with Gasteiger partial charge in [0.2, 0.25) is 0 Å². The Bertz CT molecular complexity index is 1610. The molecule has 12 heteroatoms. The van der Waals surface area contributed by atoms with Crippen LogP contribution in [0.2, 0.25) is 18.1 Å². The van der Waals surface area contributed by atoms with E-state index in [0.29, 0.717) is 22.8 Å². The van der Waals surface area contributed by atoms with Crippen molar-refractivity contribution in [3.8, 4) is 17.2 Å². The van der Waals surface area contributed by atoms with Gasteiger partial charge in [-0.1, -0.05) is 76.2 Å². The van der Waals surface area contributed by atoms with Gasteiger partial charge in [-0.05, 0) is 67.0 Å². The SMILES string of the molecule is CC[Si](CC)(CC)OC(C)[C@H]1C(=O)[N+]2(C(=O)OCc3ccc(OC)cc3)C=C(COP(=O)(Oc3ccccc3)Oc3ccccc3)[C@H](C)[C@@H]12. The van der Waals surface area contributed by atoms with Crippen molar-refractivity contribution in [3.05, 3.63) is 102 Å². The van der Waals surface area contributed by atoms with Crippen molar-refractivity contribution < 1.29 is 46.1 Å². The average molecular weight is 709 g/mol. The largest absolute Gasteiger partial charge is 0.587 e. The van der Waals surface area contributed by atoms with E-state index in [2.05, 4.69) is 20.8 Å². The zero-order valence-electron chi connectivity index (χ0n) is 29.1. The Morgan fingerprint density at radius 3 is 1.90 bits per heavy atom. The fourth-order valence-corrected chi connectivity index (χ4v) is 11.1. The molecular formula is C37H47NO9PSi+. The first-order chi connectivity index (χ1) is 23.5. The zero-order valence-corrected chi connectivity index (χ0v) is 31.0. The highest BCUT2D eigenvalue weighted by Gasteiger charge is 2.75. The summed E-state index contributed by atoms with van der Waals surface area (Å²) >= 11 is 0. The fraction of sp³-hybridized carbons (Fsp3) is 0.405. The number of phosphoric ester groups is 1. The number of fused-ring (bicyclic) bond motifs is 1. The second-order valence-electron chi connectivity index (χ2n) is 12.6. The van der Waals surface area contributed by atoms with Crippen LogP contribution in [-0.2, 0) is 29.7 Å². The number of hydrogen-bond acceptors (Lipinski definition) is 9. The first-order valence-electron chi connectivity index (χ1n) is 16.9. The predicted molar refractivity (Wildman–Crippen MR) is 188 cm³/mol. The summed E-state index contributed by atoms with van der Waals surface area (Å²) in [5.41, 5.74) is 1.37. The van der Waals surface area contributed by atoms with Crippen LogP contribution in [0.5, 0.6) is 17.2 Å². The summed E-state index contributed by atoms with van der Waals surface area (Å²) in [6, 6.07) is 26.8. The summed E-state index contributed by atoms with van der Waals surface area (Å²) in [6.45, 7) is 10.1. The molecule has 0 bridgehead atoms. The third-order valence-corrected chi connectivity index (χ3v) is 16.0. The zero-order chi connectivity index (χ0) is 35.2. The second-order valence-corrected chi connectivity index (χ2v) is 18.9. The molecule has 0 spiro atoms. The molecule has 3 aromatic carbocycles. The molecule has 0 saturated carbocycles. The number of ether oxygens (including phenoxy) is 2. The summed E-state index contributed by atoms with van der Waals surface area (Å²) in [5, 5.41) is 0. The van der Waals surface area contributed by atoms with Crippen LogP contribution in [0, 0.1) is 11.8 Å². The van der Waals surface area contributed by atoms with Crippen molar-refractivity contribution >= 4 is 28.1 Å². The molecule has 49 heavy (non-hydrogen) atoms. The van der Waals surface area contributed by atoms with Crippen molar-refractivity contribution in [3.63, 3.8) is 0 Å². The number of imide groups is 1. The molecule has 0 aliphatic carbocycles. The number of nitrogens with zero attached hydrogens (tertiary/aromatic N) is 1. The van der Waals surface area contributed by atoms with Crippen LogP contribution in [0.15, 0.2) is 96.7 Å². The molecular weight excluding hydrogens is 661 g/mol. The molecule has 1 saturated heterocycles. The summed E-state index contributed by atoms with van der Waals surface area (Å²) < 4.78 is 49.0. The predicted octanol–water partition coefficient (Wildman–Crippen LogP) is 8.90. The van der Waals surface area contributed by atoms with Crippen LogP contribution in [0.4, 0.5) is 4.79 Å². The van der Waals surface area contributed by atoms with Crippen molar-refractivity contribution in [2.75, 3.05) is 13.7 Å². The normalized spacial score (nSPS) is 22.4. The summed E-state index contributed by atoms with van der Waals surface area (Å²) in [4.78, 5) is 28.3. The molecule has 262 valence electrons. The molecule has 2 aliphatic rings. The van der Waals surface area contributed by atoms with Crippen LogP contribution in [0.3, 0.4) is 0 Å². The number of methoxy groups -OCH3 is 1. The van der Waals surface area contributed by atoms with Gasteiger partial charge in [-0.15, -0.1) is 4.48 Å². The van der Waals surface area contributed by atoms with E-state index >= 15 is 0 Å². The Kier molecular flexibility index (Phi) is 11.5. The van der Waals surface area contributed by atoms with Crippen molar-refractivity contribution in [1.82, 2.24) is 0 Å². The van der Waals surface area contributed by atoms with Gasteiger partial charge in [-0.25, -0.2) is 9.36 Å². The molecule has 2 aliphatic heterocycles. The summed E-state index contributed by atoms with van der Waals surface area (Å²) in [5.74, 6) is 0.160. The number of amides is 2. The number of carbonyl (C=O) groups is 2. The molecule has 2 unspecified atom stereocenters. The minimum atomic E-state index is -4.23. The summed E-state index contributed by atoms with van der Waals surface area (Å²) in [7, 11) is -4.72. The van der Waals surface area contributed by atoms with Gasteiger partial charge >= 0.3 is 19.8 Å². The maximum absolute atomic E-state index is 14.3. The fourth-order valence-electron chi connectivity index (χ4n) is 6.92. The molecule has 0 radical (unpaired) electrons. The van der Waals surface area contributed by atoms with Crippen molar-refractivity contribution in [2.45, 2.75) is 71.5 Å². The third-order valence-electron chi connectivity index (χ3n) is 9.96. The van der Waals surface area contributed by atoms with Crippen LogP contribution in [-0.4, -0.2) is 50.7 Å². The van der Waals surface area contributed by atoms with E-state index in [-0.39, 0.29) is 25.0 Å². The average Bonchev–Trinajstić information content (AvgIpc) is 3.37. The first-order valence-corrected chi connectivity index (χ1v) is 20.9. The Labute approximate surface area is 290 Å². The Balaban J connectivity index is 1.42. The third kappa shape index (κ3) is 7.56. The number of carbonyl (C=O) groups excluding carboxylic acids is 2. The molecule has 3 aromatic rings. The van der Waals surface area contributed by atoms with Crippen LogP contribution in [0.25, 0.3) is 0 Å².